The first-order valence-electron chi connectivity index (χ1n) is 8.22. The number of rotatable bonds is 5. The van der Waals surface area contributed by atoms with E-state index in [4.69, 9.17) is 0 Å². The molecule has 0 bridgehead atoms. The molecule has 0 saturated heterocycles. The molecular weight excluding hydrogens is 371 g/mol. The van der Waals surface area contributed by atoms with E-state index in [1.54, 1.807) is 53.6 Å². The molecule has 144 valence electrons. The molecule has 0 spiro atoms. The van der Waals surface area contributed by atoms with Crippen LogP contribution in [-0.2, 0) is 6.18 Å². The van der Waals surface area contributed by atoms with Crippen LogP contribution in [0.4, 0.5) is 18.9 Å². The van der Waals surface area contributed by atoms with Gasteiger partial charge in [-0.1, -0.05) is 43.0 Å². The lowest BCUT2D eigenvalue weighted by Crippen LogP contribution is -2.13. The summed E-state index contributed by atoms with van der Waals surface area (Å²) in [5.41, 5.74) is 0.818. The lowest BCUT2D eigenvalue weighted by molar-refractivity contribution is -0.141. The average Bonchev–Trinajstić information content (AvgIpc) is 3.18. The molecule has 2 aromatic carbocycles. The van der Waals surface area contributed by atoms with Gasteiger partial charge >= 0.3 is 6.18 Å². The van der Waals surface area contributed by atoms with Crippen LogP contribution in [-0.4, -0.2) is 21.2 Å². The van der Waals surface area contributed by atoms with Crippen molar-refractivity contribution in [2.45, 2.75) is 12.3 Å². The van der Waals surface area contributed by atoms with Crippen LogP contribution in [0, 0.1) is 0 Å². The lowest BCUT2D eigenvalue weighted by Gasteiger charge is -2.14. The Labute approximate surface area is 158 Å². The molecule has 3 rings (SSSR count). The Balaban J connectivity index is 1.78. The number of nitrogens with zero attached hydrogens (tertiary/aromatic N) is 1. The van der Waals surface area contributed by atoms with Gasteiger partial charge in [0.15, 0.2) is 5.69 Å². The van der Waals surface area contributed by atoms with Crippen molar-refractivity contribution in [3.63, 3.8) is 0 Å². The number of nitrogens with one attached hydrogen (secondary N) is 2. The number of carbonyl (C=O) groups excluding carboxylic acids is 1. The zero-order valence-corrected chi connectivity index (χ0v) is 14.5. The first-order valence-corrected chi connectivity index (χ1v) is 8.22. The Morgan fingerprint density at radius 2 is 1.82 bits per heavy atom. The van der Waals surface area contributed by atoms with Gasteiger partial charge in [0.1, 0.15) is 11.8 Å². The van der Waals surface area contributed by atoms with E-state index in [2.05, 4.69) is 17.0 Å². The Hall–Kier alpha value is -3.39. The summed E-state index contributed by atoms with van der Waals surface area (Å²) in [7, 11) is 0. The summed E-state index contributed by atoms with van der Waals surface area (Å²) < 4.78 is 37.8. The minimum atomic E-state index is -4.62. The molecule has 1 unspecified atom stereocenters. The van der Waals surface area contributed by atoms with Gasteiger partial charge in [-0.15, -0.1) is 0 Å². The van der Waals surface area contributed by atoms with Gasteiger partial charge in [-0.05, 0) is 34.9 Å². The Morgan fingerprint density at radius 3 is 2.46 bits per heavy atom. The molecular formula is C20H16F3N3O2. The molecule has 8 heteroatoms. The molecule has 0 aliphatic rings. The van der Waals surface area contributed by atoms with E-state index in [0.29, 0.717) is 22.9 Å². The summed E-state index contributed by atoms with van der Waals surface area (Å²) in [4.78, 5) is 12.2. The third-order valence-electron chi connectivity index (χ3n) is 4.04. The zero-order valence-electron chi connectivity index (χ0n) is 14.5. The number of anilines is 1. The SMILES string of the molecule is C=Cc1cccc(C(O)c2cccc(NC(=O)c3cc(C(F)(F)F)[nH]n3)c2)c1. The van der Waals surface area contributed by atoms with Gasteiger partial charge in [-0.3, -0.25) is 9.89 Å². The normalized spacial score (nSPS) is 12.4. The number of aromatic amines is 1. The van der Waals surface area contributed by atoms with Crippen molar-refractivity contribution < 1.29 is 23.1 Å². The number of hydrogen-bond donors (Lipinski definition) is 3. The van der Waals surface area contributed by atoms with Crippen molar-refractivity contribution in [2.75, 3.05) is 5.32 Å². The van der Waals surface area contributed by atoms with Crippen molar-refractivity contribution in [3.8, 4) is 0 Å². The first kappa shape index (κ1) is 19.4. The van der Waals surface area contributed by atoms with E-state index in [9.17, 15) is 23.1 Å². The van der Waals surface area contributed by atoms with Crippen LogP contribution in [0.3, 0.4) is 0 Å². The molecule has 3 N–H and O–H groups in total. The number of aliphatic hydroxyl groups excluding tert-OH is 1. The van der Waals surface area contributed by atoms with Crippen LogP contribution < -0.4 is 5.32 Å². The van der Waals surface area contributed by atoms with Gasteiger partial charge in [-0.25, -0.2) is 0 Å². The van der Waals surface area contributed by atoms with Gasteiger partial charge in [0.2, 0.25) is 0 Å². The molecule has 0 radical (unpaired) electrons. The third kappa shape index (κ3) is 4.29. The van der Waals surface area contributed by atoms with Gasteiger partial charge in [-0.2, -0.15) is 18.3 Å². The number of carbonyl (C=O) groups is 1. The molecule has 3 aromatic rings. The predicted octanol–water partition coefficient (Wildman–Crippen LogP) is 4.41. The van der Waals surface area contributed by atoms with E-state index in [1.165, 1.54) is 0 Å². The van der Waals surface area contributed by atoms with E-state index < -0.39 is 29.6 Å². The minimum absolute atomic E-state index is 0.318. The van der Waals surface area contributed by atoms with E-state index >= 15 is 0 Å². The predicted molar refractivity (Wildman–Crippen MR) is 98.6 cm³/mol. The van der Waals surface area contributed by atoms with Crippen molar-refractivity contribution in [1.82, 2.24) is 10.2 Å². The topological polar surface area (TPSA) is 78.0 Å². The fourth-order valence-corrected chi connectivity index (χ4v) is 2.61. The Morgan fingerprint density at radius 1 is 1.14 bits per heavy atom. The molecule has 28 heavy (non-hydrogen) atoms. The molecule has 1 aromatic heterocycles. The number of aliphatic hydroxyl groups is 1. The largest absolute Gasteiger partial charge is 0.432 e. The maximum Gasteiger partial charge on any atom is 0.432 e. The van der Waals surface area contributed by atoms with Crippen molar-refractivity contribution in [1.29, 1.82) is 0 Å². The molecule has 0 aliphatic carbocycles. The third-order valence-corrected chi connectivity index (χ3v) is 4.04. The molecule has 5 nitrogen and oxygen atoms in total. The average molecular weight is 387 g/mol. The molecule has 0 aliphatic heterocycles. The Kier molecular flexibility index (Phi) is 5.32. The smallest absolute Gasteiger partial charge is 0.384 e. The highest BCUT2D eigenvalue weighted by atomic mass is 19.4. The zero-order chi connectivity index (χ0) is 20.3. The van der Waals surface area contributed by atoms with E-state index in [-0.39, 0.29) is 0 Å². The maximum atomic E-state index is 12.6. The molecule has 1 atom stereocenters. The van der Waals surface area contributed by atoms with Crippen LogP contribution in [0.15, 0.2) is 61.2 Å². The monoisotopic (exact) mass is 387 g/mol. The second kappa shape index (κ2) is 7.69. The quantitative estimate of drug-likeness (QED) is 0.607. The van der Waals surface area contributed by atoms with Crippen LogP contribution in [0.5, 0.6) is 0 Å². The van der Waals surface area contributed by atoms with Crippen molar-refractivity contribution >= 4 is 17.7 Å². The molecule has 0 fully saturated rings. The maximum absolute atomic E-state index is 12.6. The summed E-state index contributed by atoms with van der Waals surface area (Å²) in [5, 5.41) is 18.2. The van der Waals surface area contributed by atoms with Gasteiger partial charge in [0.05, 0.1) is 0 Å². The highest BCUT2D eigenvalue weighted by Crippen LogP contribution is 2.28. The molecule has 0 saturated carbocycles. The second-order valence-corrected chi connectivity index (χ2v) is 6.02. The molecule has 1 amide bonds. The first-order chi connectivity index (χ1) is 13.3. The fraction of sp³-hybridized carbons (Fsp3) is 0.100. The van der Waals surface area contributed by atoms with Crippen molar-refractivity contribution in [3.05, 3.63) is 89.3 Å². The number of H-pyrrole nitrogens is 1. The summed E-state index contributed by atoms with van der Waals surface area (Å²) in [6, 6.07) is 14.2. The number of amides is 1. The van der Waals surface area contributed by atoms with Crippen LogP contribution in [0.1, 0.15) is 39.0 Å². The number of halogens is 3. The number of aromatic nitrogens is 2. The summed E-state index contributed by atoms with van der Waals surface area (Å²) in [6.07, 6.45) is -3.90. The van der Waals surface area contributed by atoms with E-state index in [0.717, 1.165) is 5.56 Å². The number of hydrogen-bond acceptors (Lipinski definition) is 3. The van der Waals surface area contributed by atoms with Gasteiger partial charge < -0.3 is 10.4 Å². The van der Waals surface area contributed by atoms with E-state index in [1.807, 2.05) is 6.07 Å². The highest BCUT2D eigenvalue weighted by molar-refractivity contribution is 6.02. The van der Waals surface area contributed by atoms with Crippen LogP contribution in [0.25, 0.3) is 6.08 Å². The summed E-state index contributed by atoms with van der Waals surface area (Å²) in [5.74, 6) is -0.799. The van der Waals surface area contributed by atoms with Gasteiger partial charge in [0, 0.05) is 11.8 Å². The summed E-state index contributed by atoms with van der Waals surface area (Å²) in [6.45, 7) is 3.69. The fourth-order valence-electron chi connectivity index (χ4n) is 2.61. The van der Waals surface area contributed by atoms with Gasteiger partial charge in [0.25, 0.3) is 5.91 Å². The molecule has 1 heterocycles. The lowest BCUT2D eigenvalue weighted by atomic mass is 9.99. The standard InChI is InChI=1S/C20H16F3N3O2/c1-2-12-5-3-6-13(9-12)18(27)14-7-4-8-15(10-14)24-19(28)16-11-17(26-25-16)20(21,22)23/h2-11,18,27H,1H2,(H,24,28)(H,25,26). The van der Waals surface area contributed by atoms with Crippen LogP contribution in [0.2, 0.25) is 0 Å². The number of benzene rings is 2. The second-order valence-electron chi connectivity index (χ2n) is 6.02. The highest BCUT2D eigenvalue weighted by Gasteiger charge is 2.33. The van der Waals surface area contributed by atoms with Crippen LogP contribution >= 0.6 is 0 Å². The minimum Gasteiger partial charge on any atom is -0.384 e. The Bertz CT molecular complexity index is 1010. The number of alkyl halides is 3. The van der Waals surface area contributed by atoms with Crippen molar-refractivity contribution in [2.24, 2.45) is 0 Å². The summed E-state index contributed by atoms with van der Waals surface area (Å²) >= 11 is 0.